The van der Waals surface area contributed by atoms with Crippen molar-refractivity contribution in [3.63, 3.8) is 0 Å². The minimum absolute atomic E-state index is 0.201. The first-order chi connectivity index (χ1) is 9.54. The number of alkyl halides is 2. The van der Waals surface area contributed by atoms with E-state index in [9.17, 15) is 4.79 Å². The summed E-state index contributed by atoms with van der Waals surface area (Å²) in [5.41, 5.74) is 0.666. The van der Waals surface area contributed by atoms with E-state index in [0.717, 1.165) is 12.8 Å². The Bertz CT molecular complexity index is 435. The minimum Gasteiger partial charge on any atom is -0.496 e. The molecule has 0 aliphatic rings. The van der Waals surface area contributed by atoms with Gasteiger partial charge >= 0.3 is 5.97 Å². The molecule has 20 heavy (non-hydrogen) atoms. The van der Waals surface area contributed by atoms with Gasteiger partial charge in [-0.3, -0.25) is 4.79 Å². The molecule has 1 N–H and O–H groups in total. The van der Waals surface area contributed by atoms with Crippen LogP contribution < -0.4 is 9.47 Å². The molecular weight excluding hydrogens is 303 g/mol. The Morgan fingerprint density at radius 1 is 1.30 bits per heavy atom. The van der Waals surface area contributed by atoms with Gasteiger partial charge in [0.2, 0.25) is 0 Å². The van der Waals surface area contributed by atoms with Gasteiger partial charge in [0.05, 0.1) is 13.7 Å². The highest BCUT2D eigenvalue weighted by Gasteiger charge is 2.12. The third-order valence-corrected chi connectivity index (χ3v) is 3.21. The summed E-state index contributed by atoms with van der Waals surface area (Å²) in [6.07, 6.45) is 2.49. The van der Waals surface area contributed by atoms with Gasteiger partial charge in [-0.25, -0.2) is 0 Å². The van der Waals surface area contributed by atoms with Gasteiger partial charge in [0.15, 0.2) is 0 Å². The lowest BCUT2D eigenvalue weighted by molar-refractivity contribution is -0.137. The van der Waals surface area contributed by atoms with E-state index in [1.807, 2.05) is 0 Å². The molecule has 0 atom stereocenters. The lowest BCUT2D eigenvalue weighted by atomic mass is 10.2. The fourth-order valence-corrected chi connectivity index (χ4v) is 2.06. The Balaban J connectivity index is 2.40. The number of carboxylic acid groups (broad SMARTS) is 1. The van der Waals surface area contributed by atoms with Gasteiger partial charge in [0.25, 0.3) is 0 Å². The van der Waals surface area contributed by atoms with E-state index in [1.165, 1.54) is 0 Å². The summed E-state index contributed by atoms with van der Waals surface area (Å²) in [7, 11) is 1.55. The van der Waals surface area contributed by atoms with Crippen molar-refractivity contribution in [2.75, 3.05) is 13.7 Å². The molecule has 0 unspecified atom stereocenters. The highest BCUT2D eigenvalue weighted by molar-refractivity contribution is 6.44. The lowest BCUT2D eigenvalue weighted by Crippen LogP contribution is -2.00. The van der Waals surface area contributed by atoms with Gasteiger partial charge in [0, 0.05) is 12.0 Å². The number of carboxylic acids is 1. The zero-order chi connectivity index (χ0) is 15.0. The summed E-state index contributed by atoms with van der Waals surface area (Å²) in [5.74, 6) is 0.528. The molecule has 6 heteroatoms. The van der Waals surface area contributed by atoms with Crippen molar-refractivity contribution >= 4 is 29.2 Å². The number of methoxy groups -OCH3 is 1. The lowest BCUT2D eigenvalue weighted by Gasteiger charge is -2.12. The quantitative estimate of drug-likeness (QED) is 0.547. The standard InChI is InChI=1S/C14H18Cl2O4/c1-19-12-7-6-10(9-11(12)14(15)16)20-8-4-2-3-5-13(17)18/h6-7,9,14H,2-5,8H2,1H3,(H,17,18). The average Bonchev–Trinajstić information content (AvgIpc) is 2.42. The second-order valence-electron chi connectivity index (χ2n) is 4.26. The molecule has 112 valence electrons. The summed E-state index contributed by atoms with van der Waals surface area (Å²) < 4.78 is 10.7. The molecule has 0 aromatic heterocycles. The second-order valence-corrected chi connectivity index (χ2v) is 5.35. The average molecular weight is 321 g/mol. The third kappa shape index (κ3) is 5.88. The zero-order valence-electron chi connectivity index (χ0n) is 11.3. The number of hydrogen-bond acceptors (Lipinski definition) is 3. The minimum atomic E-state index is -0.763. The maximum atomic E-state index is 10.3. The van der Waals surface area contributed by atoms with E-state index in [-0.39, 0.29) is 6.42 Å². The van der Waals surface area contributed by atoms with Crippen LogP contribution in [0.15, 0.2) is 18.2 Å². The maximum absolute atomic E-state index is 10.3. The largest absolute Gasteiger partial charge is 0.496 e. The zero-order valence-corrected chi connectivity index (χ0v) is 12.8. The number of rotatable bonds is 9. The molecule has 0 saturated carbocycles. The summed E-state index contributed by atoms with van der Waals surface area (Å²) in [6.45, 7) is 0.528. The molecule has 0 aliphatic heterocycles. The molecule has 4 nitrogen and oxygen atoms in total. The van der Waals surface area contributed by atoms with Crippen LogP contribution in [-0.4, -0.2) is 24.8 Å². The Labute approximate surface area is 128 Å². The van der Waals surface area contributed by atoms with Crippen molar-refractivity contribution in [2.45, 2.75) is 30.5 Å². The third-order valence-electron chi connectivity index (χ3n) is 2.74. The van der Waals surface area contributed by atoms with E-state index >= 15 is 0 Å². The maximum Gasteiger partial charge on any atom is 0.303 e. The van der Waals surface area contributed by atoms with Crippen molar-refractivity contribution in [2.24, 2.45) is 0 Å². The number of unbranched alkanes of at least 4 members (excludes halogenated alkanes) is 2. The van der Waals surface area contributed by atoms with E-state index in [1.54, 1.807) is 25.3 Å². The normalized spacial score (nSPS) is 10.6. The fourth-order valence-electron chi connectivity index (χ4n) is 1.72. The van der Waals surface area contributed by atoms with Gasteiger partial charge in [-0.15, -0.1) is 0 Å². The van der Waals surface area contributed by atoms with Crippen molar-refractivity contribution in [1.82, 2.24) is 0 Å². The van der Waals surface area contributed by atoms with Crippen LogP contribution in [0.25, 0.3) is 0 Å². The van der Waals surface area contributed by atoms with Gasteiger partial charge in [0.1, 0.15) is 16.3 Å². The van der Waals surface area contributed by atoms with Crippen molar-refractivity contribution in [3.8, 4) is 11.5 Å². The van der Waals surface area contributed by atoms with Gasteiger partial charge in [-0.1, -0.05) is 23.2 Å². The molecule has 0 aliphatic carbocycles. The SMILES string of the molecule is COc1ccc(OCCCCCC(=O)O)cc1C(Cl)Cl. The molecule has 0 amide bonds. The summed E-state index contributed by atoms with van der Waals surface area (Å²) in [4.78, 5) is 9.67. The van der Waals surface area contributed by atoms with Crippen LogP contribution in [0.2, 0.25) is 0 Å². The monoisotopic (exact) mass is 320 g/mol. The van der Waals surface area contributed by atoms with E-state index in [4.69, 9.17) is 37.8 Å². The molecule has 0 fully saturated rings. The molecule has 0 radical (unpaired) electrons. The Kier molecular flexibility index (Phi) is 7.55. The molecule has 0 bridgehead atoms. The van der Waals surface area contributed by atoms with Crippen molar-refractivity contribution < 1.29 is 19.4 Å². The summed E-state index contributed by atoms with van der Waals surface area (Å²) >= 11 is 11.7. The number of benzene rings is 1. The van der Waals surface area contributed by atoms with Crippen LogP contribution in [0.1, 0.15) is 36.1 Å². The highest BCUT2D eigenvalue weighted by Crippen LogP contribution is 2.35. The number of halogens is 2. The van der Waals surface area contributed by atoms with Crippen molar-refractivity contribution in [3.05, 3.63) is 23.8 Å². The Hall–Kier alpha value is -1.13. The van der Waals surface area contributed by atoms with E-state index < -0.39 is 10.8 Å². The number of ether oxygens (including phenoxy) is 2. The van der Waals surface area contributed by atoms with Crippen LogP contribution in [-0.2, 0) is 4.79 Å². The highest BCUT2D eigenvalue weighted by atomic mass is 35.5. The topological polar surface area (TPSA) is 55.8 Å². The van der Waals surface area contributed by atoms with Crippen LogP contribution >= 0.6 is 23.2 Å². The van der Waals surface area contributed by atoms with Crippen LogP contribution in [0.4, 0.5) is 0 Å². The van der Waals surface area contributed by atoms with Crippen LogP contribution in [0.3, 0.4) is 0 Å². The molecular formula is C14H18Cl2O4. The first-order valence-corrected chi connectivity index (χ1v) is 7.22. The Morgan fingerprint density at radius 2 is 2.05 bits per heavy atom. The fraction of sp³-hybridized carbons (Fsp3) is 0.500. The second kappa shape index (κ2) is 8.93. The first kappa shape index (κ1) is 16.9. The van der Waals surface area contributed by atoms with Crippen molar-refractivity contribution in [1.29, 1.82) is 0 Å². The van der Waals surface area contributed by atoms with Gasteiger partial charge < -0.3 is 14.6 Å². The van der Waals surface area contributed by atoms with E-state index in [2.05, 4.69) is 0 Å². The summed E-state index contributed by atoms with van der Waals surface area (Å²) in [5, 5.41) is 8.51. The smallest absolute Gasteiger partial charge is 0.303 e. The van der Waals surface area contributed by atoms with Gasteiger partial charge in [-0.2, -0.15) is 0 Å². The number of aliphatic carboxylic acids is 1. The molecule has 0 heterocycles. The van der Waals surface area contributed by atoms with Crippen LogP contribution in [0, 0.1) is 0 Å². The number of hydrogen-bond donors (Lipinski definition) is 1. The molecule has 0 saturated heterocycles. The van der Waals surface area contributed by atoms with E-state index in [0.29, 0.717) is 30.1 Å². The predicted octanol–water partition coefficient (Wildman–Crippen LogP) is 4.20. The molecule has 1 rings (SSSR count). The van der Waals surface area contributed by atoms with Gasteiger partial charge in [-0.05, 0) is 37.5 Å². The molecule has 0 spiro atoms. The molecule has 1 aromatic rings. The predicted molar refractivity (Wildman–Crippen MR) is 79.0 cm³/mol. The molecule has 1 aromatic carbocycles. The number of carbonyl (C=O) groups is 1. The summed E-state index contributed by atoms with van der Waals surface area (Å²) in [6, 6.07) is 5.29. The first-order valence-electron chi connectivity index (χ1n) is 6.35. The Morgan fingerprint density at radius 3 is 2.65 bits per heavy atom. The van der Waals surface area contributed by atoms with Crippen LogP contribution in [0.5, 0.6) is 11.5 Å².